The van der Waals surface area contributed by atoms with E-state index in [1.165, 1.54) is 23.9 Å². The summed E-state index contributed by atoms with van der Waals surface area (Å²) >= 11 is 1.27. The van der Waals surface area contributed by atoms with Gasteiger partial charge in [-0.2, -0.15) is 5.10 Å². The Morgan fingerprint density at radius 1 is 1.31 bits per heavy atom. The monoisotopic (exact) mass is 369 g/mol. The first kappa shape index (κ1) is 17.6. The van der Waals surface area contributed by atoms with Crippen LogP contribution in [-0.4, -0.2) is 32.3 Å². The van der Waals surface area contributed by atoms with Crippen LogP contribution in [0, 0.1) is 10.1 Å². The van der Waals surface area contributed by atoms with Crippen molar-refractivity contribution in [3.63, 3.8) is 0 Å². The minimum absolute atomic E-state index is 0.0242. The molecule has 0 fully saturated rings. The number of aromatic nitrogens is 2. The van der Waals surface area contributed by atoms with E-state index in [1.807, 2.05) is 24.3 Å². The molecule has 26 heavy (non-hydrogen) atoms. The average Bonchev–Trinajstić information content (AvgIpc) is 3.07. The number of para-hydroxylation sites is 2. The zero-order chi connectivity index (χ0) is 18.5. The lowest BCUT2D eigenvalue weighted by Gasteiger charge is -2.02. The number of carbonyl (C=O) groups excluding carboxylic acids is 1. The van der Waals surface area contributed by atoms with Gasteiger partial charge in [-0.05, 0) is 19.1 Å². The SMILES string of the molecule is C/C(=N\NC(=O)CSc1nc2ccccc2[nH]1)c1cccc([N+](=O)[O-])c1. The first-order valence-electron chi connectivity index (χ1n) is 7.68. The summed E-state index contributed by atoms with van der Waals surface area (Å²) in [4.78, 5) is 29.8. The summed E-state index contributed by atoms with van der Waals surface area (Å²) < 4.78 is 0. The number of H-pyrrole nitrogens is 1. The molecule has 132 valence electrons. The Bertz CT molecular complexity index is 966. The second-order valence-corrected chi connectivity index (χ2v) is 6.35. The summed E-state index contributed by atoms with van der Waals surface area (Å²) in [5.41, 5.74) is 5.24. The molecule has 0 aliphatic heterocycles. The Hall–Kier alpha value is -3.20. The lowest BCUT2D eigenvalue weighted by atomic mass is 10.1. The maximum Gasteiger partial charge on any atom is 0.270 e. The van der Waals surface area contributed by atoms with Crippen LogP contribution in [0.2, 0.25) is 0 Å². The van der Waals surface area contributed by atoms with E-state index in [9.17, 15) is 14.9 Å². The fourth-order valence-electron chi connectivity index (χ4n) is 2.22. The van der Waals surface area contributed by atoms with E-state index in [1.54, 1.807) is 19.1 Å². The Balaban J connectivity index is 1.58. The van der Waals surface area contributed by atoms with Crippen molar-refractivity contribution in [3.05, 3.63) is 64.2 Å². The van der Waals surface area contributed by atoms with Crippen molar-refractivity contribution in [1.29, 1.82) is 0 Å². The van der Waals surface area contributed by atoms with E-state index in [0.29, 0.717) is 16.4 Å². The summed E-state index contributed by atoms with van der Waals surface area (Å²) in [7, 11) is 0. The first-order chi connectivity index (χ1) is 12.5. The maximum atomic E-state index is 12.0. The molecule has 1 heterocycles. The predicted molar refractivity (Wildman–Crippen MR) is 100 cm³/mol. The van der Waals surface area contributed by atoms with E-state index in [0.717, 1.165) is 11.0 Å². The number of rotatable bonds is 6. The summed E-state index contributed by atoms with van der Waals surface area (Å²) in [5, 5.41) is 15.5. The van der Waals surface area contributed by atoms with E-state index in [-0.39, 0.29) is 17.3 Å². The van der Waals surface area contributed by atoms with Crippen LogP contribution in [0.3, 0.4) is 0 Å². The Labute approximate surface area is 152 Å². The van der Waals surface area contributed by atoms with E-state index in [2.05, 4.69) is 20.5 Å². The normalized spacial score (nSPS) is 11.5. The van der Waals surface area contributed by atoms with Crippen molar-refractivity contribution in [3.8, 4) is 0 Å². The minimum atomic E-state index is -0.473. The number of nitro groups is 1. The lowest BCUT2D eigenvalue weighted by molar-refractivity contribution is -0.384. The summed E-state index contributed by atoms with van der Waals surface area (Å²) in [6.45, 7) is 1.67. The van der Waals surface area contributed by atoms with Crippen LogP contribution < -0.4 is 5.43 Å². The molecule has 0 bridgehead atoms. The van der Waals surface area contributed by atoms with Crippen molar-refractivity contribution in [2.24, 2.45) is 5.10 Å². The third-order valence-electron chi connectivity index (χ3n) is 3.53. The fraction of sp³-hybridized carbons (Fsp3) is 0.118. The number of hydrogen-bond donors (Lipinski definition) is 2. The van der Waals surface area contributed by atoms with Gasteiger partial charge in [-0.25, -0.2) is 10.4 Å². The van der Waals surface area contributed by atoms with Crippen molar-refractivity contribution >= 4 is 40.1 Å². The Morgan fingerprint density at radius 3 is 2.88 bits per heavy atom. The average molecular weight is 369 g/mol. The number of fused-ring (bicyclic) bond motifs is 1. The third kappa shape index (κ3) is 4.25. The van der Waals surface area contributed by atoms with Crippen molar-refractivity contribution < 1.29 is 9.72 Å². The predicted octanol–water partition coefficient (Wildman–Crippen LogP) is 3.10. The van der Waals surface area contributed by atoms with Crippen LogP contribution in [0.1, 0.15) is 12.5 Å². The van der Waals surface area contributed by atoms with E-state index < -0.39 is 4.92 Å². The third-order valence-corrected chi connectivity index (χ3v) is 4.40. The number of thioether (sulfide) groups is 1. The van der Waals surface area contributed by atoms with Crippen LogP contribution in [0.4, 0.5) is 5.69 Å². The Kier molecular flexibility index (Phi) is 5.28. The number of amides is 1. The molecule has 2 aromatic carbocycles. The molecule has 0 aliphatic carbocycles. The number of nitro benzene ring substituents is 1. The van der Waals surface area contributed by atoms with Crippen molar-refractivity contribution in [1.82, 2.24) is 15.4 Å². The molecule has 9 heteroatoms. The van der Waals surface area contributed by atoms with Crippen molar-refractivity contribution in [2.45, 2.75) is 12.1 Å². The van der Waals surface area contributed by atoms with Gasteiger partial charge in [-0.15, -0.1) is 0 Å². The molecule has 0 aliphatic rings. The second kappa shape index (κ2) is 7.79. The molecule has 2 N–H and O–H groups in total. The van der Waals surface area contributed by atoms with E-state index >= 15 is 0 Å². The van der Waals surface area contributed by atoms with Gasteiger partial charge in [0, 0.05) is 17.7 Å². The van der Waals surface area contributed by atoms with Crippen LogP contribution in [0.15, 0.2) is 58.8 Å². The van der Waals surface area contributed by atoms with Gasteiger partial charge in [0.15, 0.2) is 5.16 Å². The largest absolute Gasteiger partial charge is 0.333 e. The van der Waals surface area contributed by atoms with Crippen LogP contribution in [0.25, 0.3) is 11.0 Å². The highest BCUT2D eigenvalue weighted by molar-refractivity contribution is 7.99. The fourth-order valence-corrected chi connectivity index (χ4v) is 2.90. The molecule has 1 amide bonds. The number of hydrazone groups is 1. The summed E-state index contributed by atoms with van der Waals surface area (Å²) in [5.74, 6) is -0.147. The molecule has 0 atom stereocenters. The maximum absolute atomic E-state index is 12.0. The number of carbonyl (C=O) groups is 1. The zero-order valence-corrected chi connectivity index (χ0v) is 14.6. The van der Waals surface area contributed by atoms with Crippen LogP contribution in [-0.2, 0) is 4.79 Å². The standard InChI is InChI=1S/C17H15N5O3S/c1-11(12-5-4-6-13(9-12)22(24)25)20-21-16(23)10-26-17-18-14-7-2-3-8-15(14)19-17/h2-9H,10H2,1H3,(H,18,19)(H,21,23)/b20-11+. The molecule has 3 rings (SSSR count). The second-order valence-electron chi connectivity index (χ2n) is 5.39. The number of imidazole rings is 1. The van der Waals surface area contributed by atoms with Gasteiger partial charge >= 0.3 is 0 Å². The molecule has 0 saturated carbocycles. The zero-order valence-electron chi connectivity index (χ0n) is 13.8. The van der Waals surface area contributed by atoms with Crippen LogP contribution >= 0.6 is 11.8 Å². The van der Waals surface area contributed by atoms with Gasteiger partial charge < -0.3 is 4.98 Å². The number of aromatic amines is 1. The van der Waals surface area contributed by atoms with Crippen molar-refractivity contribution in [2.75, 3.05) is 5.75 Å². The summed E-state index contributed by atoms with van der Waals surface area (Å²) in [6.07, 6.45) is 0. The van der Waals surface area contributed by atoms with Gasteiger partial charge in [-0.1, -0.05) is 36.0 Å². The molecule has 0 unspecified atom stereocenters. The molecule has 0 radical (unpaired) electrons. The molecule has 1 aromatic heterocycles. The Morgan fingerprint density at radius 2 is 2.12 bits per heavy atom. The number of nitrogens with one attached hydrogen (secondary N) is 2. The van der Waals surface area contributed by atoms with E-state index in [4.69, 9.17) is 0 Å². The molecule has 0 saturated heterocycles. The minimum Gasteiger partial charge on any atom is -0.333 e. The topological polar surface area (TPSA) is 113 Å². The highest BCUT2D eigenvalue weighted by Gasteiger charge is 2.09. The highest BCUT2D eigenvalue weighted by Crippen LogP contribution is 2.19. The summed E-state index contributed by atoms with van der Waals surface area (Å²) in [6, 6.07) is 13.7. The lowest BCUT2D eigenvalue weighted by Crippen LogP contribution is -2.21. The molecular weight excluding hydrogens is 354 g/mol. The molecule has 8 nitrogen and oxygen atoms in total. The number of hydrogen-bond acceptors (Lipinski definition) is 6. The number of nitrogens with zero attached hydrogens (tertiary/aromatic N) is 3. The molecule has 0 spiro atoms. The van der Waals surface area contributed by atoms with Gasteiger partial charge in [-0.3, -0.25) is 14.9 Å². The van der Waals surface area contributed by atoms with Gasteiger partial charge in [0.1, 0.15) is 0 Å². The number of non-ortho nitro benzene ring substituents is 1. The van der Waals surface area contributed by atoms with Gasteiger partial charge in [0.05, 0.1) is 27.4 Å². The van der Waals surface area contributed by atoms with Gasteiger partial charge in [0.2, 0.25) is 0 Å². The van der Waals surface area contributed by atoms with Gasteiger partial charge in [0.25, 0.3) is 11.6 Å². The molecular formula is C17H15N5O3S. The molecule has 3 aromatic rings. The number of benzene rings is 2. The van der Waals surface area contributed by atoms with Crippen LogP contribution in [0.5, 0.6) is 0 Å². The first-order valence-corrected chi connectivity index (χ1v) is 8.67. The smallest absolute Gasteiger partial charge is 0.270 e. The highest BCUT2D eigenvalue weighted by atomic mass is 32.2. The quantitative estimate of drug-likeness (QED) is 0.300.